The zero-order chi connectivity index (χ0) is 13.3. The molecule has 18 heavy (non-hydrogen) atoms. The molecule has 1 aromatic carbocycles. The summed E-state index contributed by atoms with van der Waals surface area (Å²) in [5.41, 5.74) is 3.35. The van der Waals surface area contributed by atoms with E-state index in [1.807, 2.05) is 6.07 Å². The summed E-state index contributed by atoms with van der Waals surface area (Å²) in [5.74, 6) is 1.06. The van der Waals surface area contributed by atoms with Gasteiger partial charge in [0.05, 0.1) is 25.7 Å². The average Bonchev–Trinajstić information content (AvgIpc) is 2.26. The highest BCUT2D eigenvalue weighted by atomic mass is 16.5. The van der Waals surface area contributed by atoms with E-state index in [1.165, 1.54) is 11.1 Å². The van der Waals surface area contributed by atoms with Crippen LogP contribution in [0.1, 0.15) is 30.0 Å². The van der Waals surface area contributed by atoms with E-state index in [2.05, 4.69) is 19.9 Å². The van der Waals surface area contributed by atoms with Crippen LogP contribution < -0.4 is 4.74 Å². The van der Waals surface area contributed by atoms with Gasteiger partial charge in [-0.3, -0.25) is 4.79 Å². The summed E-state index contributed by atoms with van der Waals surface area (Å²) in [5, 5.41) is 0. The third kappa shape index (κ3) is 2.15. The molecule has 1 heterocycles. The molecule has 3 heteroatoms. The maximum absolute atomic E-state index is 11.5. The fourth-order valence-electron chi connectivity index (χ4n) is 2.55. The van der Waals surface area contributed by atoms with Crippen LogP contribution in [0.25, 0.3) is 0 Å². The fraction of sp³-hybridized carbons (Fsp3) is 0.533. The average molecular weight is 248 g/mol. The molecule has 0 unspecified atom stereocenters. The Balaban J connectivity index is 2.47. The molecule has 1 fully saturated rings. The first-order valence-corrected chi connectivity index (χ1v) is 6.21. The van der Waals surface area contributed by atoms with Crippen molar-refractivity contribution in [2.45, 2.75) is 32.6 Å². The molecule has 0 N–H and O–H groups in total. The summed E-state index contributed by atoms with van der Waals surface area (Å²) in [6, 6.07) is 4.19. The molecular weight excluding hydrogens is 228 g/mol. The molecule has 1 saturated heterocycles. The van der Waals surface area contributed by atoms with Gasteiger partial charge in [-0.2, -0.15) is 0 Å². The van der Waals surface area contributed by atoms with Crippen LogP contribution >= 0.6 is 0 Å². The molecule has 1 aliphatic rings. The van der Waals surface area contributed by atoms with E-state index in [0.29, 0.717) is 19.6 Å². The Morgan fingerprint density at radius 2 is 1.94 bits per heavy atom. The van der Waals surface area contributed by atoms with Gasteiger partial charge >= 0.3 is 0 Å². The maximum atomic E-state index is 11.5. The Bertz CT molecular complexity index is 473. The molecule has 0 bridgehead atoms. The zero-order valence-electron chi connectivity index (χ0n) is 11.5. The summed E-state index contributed by atoms with van der Waals surface area (Å²) >= 11 is 0. The van der Waals surface area contributed by atoms with E-state index in [9.17, 15) is 4.79 Å². The van der Waals surface area contributed by atoms with Crippen molar-refractivity contribution in [2.24, 2.45) is 0 Å². The largest absolute Gasteiger partial charge is 0.496 e. The highest BCUT2D eigenvalue weighted by Gasteiger charge is 2.43. The lowest BCUT2D eigenvalue weighted by molar-refractivity contribution is -0.125. The summed E-state index contributed by atoms with van der Waals surface area (Å²) in [6.07, 6.45) is 0.520. The summed E-state index contributed by atoms with van der Waals surface area (Å²) in [4.78, 5) is 11.5. The van der Waals surface area contributed by atoms with Crippen molar-refractivity contribution in [1.29, 1.82) is 0 Å². The van der Waals surface area contributed by atoms with Crippen LogP contribution in [0, 0.1) is 13.8 Å². The second-order valence-corrected chi connectivity index (χ2v) is 5.29. The third-order valence-corrected chi connectivity index (χ3v) is 3.73. The standard InChI is InChI=1S/C15H20O3/c1-10-5-13(14(17-4)6-11(10)2)15(7-12(3)16)8-18-9-15/h5-6H,7-9H2,1-4H3. The number of Topliss-reactive ketones (excluding diaryl/α,β-unsaturated/α-hetero) is 1. The van der Waals surface area contributed by atoms with Crippen LogP contribution in [0.2, 0.25) is 0 Å². The molecular formula is C15H20O3. The van der Waals surface area contributed by atoms with Gasteiger partial charge in [0.2, 0.25) is 0 Å². The van der Waals surface area contributed by atoms with Crippen LogP contribution in [0.3, 0.4) is 0 Å². The summed E-state index contributed by atoms with van der Waals surface area (Å²) in [7, 11) is 1.68. The molecule has 0 radical (unpaired) electrons. The monoisotopic (exact) mass is 248 g/mol. The number of benzene rings is 1. The van der Waals surface area contributed by atoms with Gasteiger partial charge in [-0.15, -0.1) is 0 Å². The van der Waals surface area contributed by atoms with Gasteiger partial charge in [-0.1, -0.05) is 6.07 Å². The molecule has 0 amide bonds. The van der Waals surface area contributed by atoms with Gasteiger partial charge in [-0.25, -0.2) is 0 Å². The number of rotatable bonds is 4. The maximum Gasteiger partial charge on any atom is 0.130 e. The third-order valence-electron chi connectivity index (χ3n) is 3.73. The molecule has 0 saturated carbocycles. The quantitative estimate of drug-likeness (QED) is 0.821. The topological polar surface area (TPSA) is 35.5 Å². The predicted molar refractivity (Wildman–Crippen MR) is 70.3 cm³/mol. The molecule has 3 nitrogen and oxygen atoms in total. The number of hydrogen-bond acceptors (Lipinski definition) is 3. The first kappa shape index (κ1) is 13.1. The Kier molecular flexibility index (Phi) is 3.44. The zero-order valence-corrected chi connectivity index (χ0v) is 11.5. The number of ketones is 1. The smallest absolute Gasteiger partial charge is 0.130 e. The Hall–Kier alpha value is -1.35. The molecule has 1 aliphatic heterocycles. The fourth-order valence-corrected chi connectivity index (χ4v) is 2.55. The van der Waals surface area contributed by atoms with Crippen molar-refractivity contribution in [3.8, 4) is 5.75 Å². The van der Waals surface area contributed by atoms with E-state index in [0.717, 1.165) is 11.3 Å². The van der Waals surface area contributed by atoms with Gasteiger partial charge in [0.1, 0.15) is 11.5 Å². The van der Waals surface area contributed by atoms with Crippen molar-refractivity contribution in [1.82, 2.24) is 0 Å². The van der Waals surface area contributed by atoms with Gasteiger partial charge in [-0.05, 0) is 38.0 Å². The van der Waals surface area contributed by atoms with Crippen LogP contribution in [0.15, 0.2) is 12.1 Å². The number of hydrogen-bond donors (Lipinski definition) is 0. The minimum absolute atomic E-state index is 0.185. The lowest BCUT2D eigenvalue weighted by Crippen LogP contribution is -2.48. The molecule has 1 aromatic rings. The Morgan fingerprint density at radius 3 is 2.39 bits per heavy atom. The van der Waals surface area contributed by atoms with E-state index in [-0.39, 0.29) is 11.2 Å². The van der Waals surface area contributed by atoms with Crippen LogP contribution in [-0.4, -0.2) is 26.1 Å². The molecule has 0 spiro atoms. The minimum Gasteiger partial charge on any atom is -0.496 e. The van der Waals surface area contributed by atoms with Crippen molar-refractivity contribution < 1.29 is 14.3 Å². The lowest BCUT2D eigenvalue weighted by atomic mass is 9.73. The van der Waals surface area contributed by atoms with E-state index < -0.39 is 0 Å². The van der Waals surface area contributed by atoms with Gasteiger partial charge in [0.15, 0.2) is 0 Å². The van der Waals surface area contributed by atoms with E-state index in [4.69, 9.17) is 9.47 Å². The Labute approximate surface area is 108 Å². The molecule has 0 aromatic heterocycles. The lowest BCUT2D eigenvalue weighted by Gasteiger charge is -2.42. The predicted octanol–water partition coefficient (Wildman–Crippen LogP) is 2.56. The van der Waals surface area contributed by atoms with Crippen molar-refractivity contribution >= 4 is 5.78 Å². The van der Waals surface area contributed by atoms with Crippen molar-refractivity contribution in [3.63, 3.8) is 0 Å². The molecule has 0 aliphatic carbocycles. The van der Waals surface area contributed by atoms with Crippen LogP contribution in [0.5, 0.6) is 5.75 Å². The molecule has 0 atom stereocenters. The van der Waals surface area contributed by atoms with Crippen molar-refractivity contribution in [3.05, 3.63) is 28.8 Å². The SMILES string of the molecule is COc1cc(C)c(C)cc1C1(CC(C)=O)COC1. The molecule has 98 valence electrons. The van der Waals surface area contributed by atoms with E-state index in [1.54, 1.807) is 14.0 Å². The number of aryl methyl sites for hydroxylation is 2. The summed E-state index contributed by atoms with van der Waals surface area (Å²) in [6.45, 7) is 6.99. The number of carbonyl (C=O) groups is 1. The van der Waals surface area contributed by atoms with Gasteiger partial charge in [0, 0.05) is 12.0 Å². The summed E-state index contributed by atoms with van der Waals surface area (Å²) < 4.78 is 10.8. The van der Waals surface area contributed by atoms with Gasteiger partial charge < -0.3 is 9.47 Å². The van der Waals surface area contributed by atoms with Crippen LogP contribution in [-0.2, 0) is 14.9 Å². The first-order chi connectivity index (χ1) is 8.48. The highest BCUT2D eigenvalue weighted by molar-refractivity contribution is 5.78. The van der Waals surface area contributed by atoms with E-state index >= 15 is 0 Å². The number of ether oxygens (including phenoxy) is 2. The number of methoxy groups -OCH3 is 1. The van der Waals surface area contributed by atoms with Crippen molar-refractivity contribution in [2.75, 3.05) is 20.3 Å². The second-order valence-electron chi connectivity index (χ2n) is 5.29. The van der Waals surface area contributed by atoms with Crippen LogP contribution in [0.4, 0.5) is 0 Å². The van der Waals surface area contributed by atoms with Gasteiger partial charge in [0.25, 0.3) is 0 Å². The Morgan fingerprint density at radius 1 is 1.33 bits per heavy atom. The molecule has 2 rings (SSSR count). The number of carbonyl (C=O) groups excluding carboxylic acids is 1. The highest BCUT2D eigenvalue weighted by Crippen LogP contribution is 2.41. The second kappa shape index (κ2) is 4.73. The normalized spacial score (nSPS) is 17.1. The minimum atomic E-state index is -0.185. The first-order valence-electron chi connectivity index (χ1n) is 6.21.